The summed E-state index contributed by atoms with van der Waals surface area (Å²) in [5.74, 6) is -0.285. The number of carboxylic acid groups (broad SMARTS) is 1. The van der Waals surface area contributed by atoms with Crippen molar-refractivity contribution in [2.75, 3.05) is 18.1 Å². The Balaban J connectivity index is 2.33. The fourth-order valence-corrected chi connectivity index (χ4v) is 3.04. The van der Waals surface area contributed by atoms with Crippen molar-refractivity contribution in [1.82, 2.24) is 4.90 Å². The highest BCUT2D eigenvalue weighted by molar-refractivity contribution is 8.00. The molecule has 2 unspecified atom stereocenters. The zero-order valence-electron chi connectivity index (χ0n) is 10.8. The highest BCUT2D eigenvalue weighted by Gasteiger charge is 2.25. The molecule has 0 aliphatic carbocycles. The van der Waals surface area contributed by atoms with E-state index < -0.39 is 12.0 Å². The summed E-state index contributed by atoms with van der Waals surface area (Å²) in [6, 6.07) is -0.522. The van der Waals surface area contributed by atoms with Crippen molar-refractivity contribution in [3.8, 4) is 0 Å². The Morgan fingerprint density at radius 3 is 2.83 bits per heavy atom. The number of carbonyl (C=O) groups excluding carboxylic acids is 1. The van der Waals surface area contributed by atoms with E-state index in [0.29, 0.717) is 11.8 Å². The second-order valence-corrected chi connectivity index (χ2v) is 5.64. The average Bonchev–Trinajstić information content (AvgIpc) is 2.38. The number of piperidine rings is 1. The first-order valence-corrected chi connectivity index (χ1v) is 7.57. The van der Waals surface area contributed by atoms with E-state index in [-0.39, 0.29) is 11.7 Å². The molecule has 1 aliphatic heterocycles. The van der Waals surface area contributed by atoms with E-state index in [1.54, 1.807) is 0 Å². The van der Waals surface area contributed by atoms with Crippen molar-refractivity contribution < 1.29 is 14.7 Å². The molecule has 0 bridgehead atoms. The van der Waals surface area contributed by atoms with Gasteiger partial charge in [-0.3, -0.25) is 9.59 Å². The minimum absolute atomic E-state index is 0.115. The lowest BCUT2D eigenvalue weighted by atomic mass is 10.0. The zero-order chi connectivity index (χ0) is 13.5. The fraction of sp³-hybridized carbons (Fsp3) is 0.833. The average molecular weight is 274 g/mol. The number of amides is 1. The summed E-state index contributed by atoms with van der Waals surface area (Å²) in [4.78, 5) is 24.5. The van der Waals surface area contributed by atoms with Crippen molar-refractivity contribution in [1.29, 1.82) is 0 Å². The lowest BCUT2D eigenvalue weighted by molar-refractivity contribution is -0.138. The Hall–Kier alpha value is -0.750. The van der Waals surface area contributed by atoms with Gasteiger partial charge in [-0.1, -0.05) is 6.92 Å². The van der Waals surface area contributed by atoms with Crippen LogP contribution in [0.15, 0.2) is 0 Å². The first kappa shape index (κ1) is 15.3. The van der Waals surface area contributed by atoms with Crippen LogP contribution in [0.2, 0.25) is 0 Å². The lowest BCUT2D eigenvalue weighted by Gasteiger charge is -2.35. The molecule has 2 atom stereocenters. The molecule has 1 fully saturated rings. The maximum Gasteiger partial charge on any atom is 0.321 e. The Bertz CT molecular complexity index is 299. The Morgan fingerprint density at radius 2 is 2.22 bits per heavy atom. The number of rotatable bonds is 6. The van der Waals surface area contributed by atoms with Crippen LogP contribution in [-0.2, 0) is 9.59 Å². The first-order chi connectivity index (χ1) is 8.56. The van der Waals surface area contributed by atoms with Crippen molar-refractivity contribution in [2.24, 2.45) is 5.73 Å². The van der Waals surface area contributed by atoms with Gasteiger partial charge in [0.1, 0.15) is 6.04 Å². The van der Waals surface area contributed by atoms with Gasteiger partial charge in [0.25, 0.3) is 0 Å². The number of carbonyl (C=O) groups is 2. The molecule has 5 nitrogen and oxygen atoms in total. The Morgan fingerprint density at radius 1 is 1.50 bits per heavy atom. The van der Waals surface area contributed by atoms with Gasteiger partial charge in [0.05, 0.1) is 5.75 Å². The van der Waals surface area contributed by atoms with Crippen LogP contribution in [0, 0.1) is 0 Å². The maximum absolute atomic E-state index is 12.0. The highest BCUT2D eigenvalue weighted by atomic mass is 32.2. The molecule has 0 radical (unpaired) electrons. The van der Waals surface area contributed by atoms with E-state index in [4.69, 9.17) is 10.8 Å². The Kier molecular flexibility index (Phi) is 6.49. The first-order valence-electron chi connectivity index (χ1n) is 6.41. The second kappa shape index (κ2) is 7.63. The van der Waals surface area contributed by atoms with Gasteiger partial charge in [0, 0.05) is 18.3 Å². The van der Waals surface area contributed by atoms with Gasteiger partial charge in [-0.25, -0.2) is 0 Å². The van der Waals surface area contributed by atoms with Gasteiger partial charge in [-0.05, 0) is 25.7 Å². The number of likely N-dealkylation sites (tertiary alicyclic amines) is 1. The van der Waals surface area contributed by atoms with Crippen LogP contribution in [0.1, 0.15) is 32.6 Å². The van der Waals surface area contributed by atoms with Crippen molar-refractivity contribution >= 4 is 23.6 Å². The quantitative estimate of drug-likeness (QED) is 0.752. The van der Waals surface area contributed by atoms with Crippen LogP contribution >= 0.6 is 11.8 Å². The number of aliphatic carboxylic acids is 1. The molecule has 104 valence electrons. The normalized spacial score (nSPS) is 21.7. The molecular weight excluding hydrogens is 252 g/mol. The molecule has 3 N–H and O–H groups in total. The topological polar surface area (TPSA) is 83.6 Å². The molecule has 1 amide bonds. The van der Waals surface area contributed by atoms with E-state index in [1.807, 2.05) is 4.90 Å². The standard InChI is InChI=1S/C12H22N2O3S/c1-2-9-5-3-4-6-14(9)11(15)8-18-7-10(13)12(16)17/h9-10H,2-8,13H2,1H3,(H,16,17). The number of carboxylic acids is 1. The third-order valence-electron chi connectivity index (χ3n) is 3.26. The molecule has 0 spiro atoms. The minimum Gasteiger partial charge on any atom is -0.480 e. The molecule has 1 aliphatic rings. The van der Waals surface area contributed by atoms with Crippen LogP contribution in [0.4, 0.5) is 0 Å². The number of hydrogen-bond donors (Lipinski definition) is 2. The summed E-state index contributed by atoms with van der Waals surface area (Å²) in [6.45, 7) is 2.94. The molecule has 6 heteroatoms. The van der Waals surface area contributed by atoms with E-state index in [2.05, 4.69) is 6.92 Å². The molecule has 0 aromatic rings. The summed E-state index contributed by atoms with van der Waals surface area (Å²) >= 11 is 1.31. The fourth-order valence-electron chi connectivity index (χ4n) is 2.18. The molecule has 18 heavy (non-hydrogen) atoms. The monoisotopic (exact) mass is 274 g/mol. The molecule has 1 heterocycles. The second-order valence-electron chi connectivity index (χ2n) is 4.60. The number of nitrogens with two attached hydrogens (primary N) is 1. The lowest BCUT2D eigenvalue weighted by Crippen LogP contribution is -2.44. The smallest absolute Gasteiger partial charge is 0.321 e. The van der Waals surface area contributed by atoms with Crippen molar-refractivity contribution in [3.05, 3.63) is 0 Å². The van der Waals surface area contributed by atoms with E-state index in [0.717, 1.165) is 25.8 Å². The van der Waals surface area contributed by atoms with E-state index in [1.165, 1.54) is 18.2 Å². The predicted molar refractivity (Wildman–Crippen MR) is 72.6 cm³/mol. The summed E-state index contributed by atoms with van der Waals surface area (Å²) in [6.07, 6.45) is 4.34. The zero-order valence-corrected chi connectivity index (χ0v) is 11.6. The van der Waals surface area contributed by atoms with Gasteiger partial charge in [-0.15, -0.1) is 11.8 Å². The molecule has 0 saturated carbocycles. The SMILES string of the molecule is CCC1CCCCN1C(=O)CSCC(N)C(=O)O. The number of thioether (sulfide) groups is 1. The Labute approximate surface area is 112 Å². The van der Waals surface area contributed by atoms with Crippen molar-refractivity contribution in [3.63, 3.8) is 0 Å². The van der Waals surface area contributed by atoms with E-state index >= 15 is 0 Å². The predicted octanol–water partition coefficient (Wildman–Crippen LogP) is 0.923. The van der Waals surface area contributed by atoms with Gasteiger partial charge in [0.15, 0.2) is 0 Å². The van der Waals surface area contributed by atoms with Gasteiger partial charge < -0.3 is 15.7 Å². The largest absolute Gasteiger partial charge is 0.480 e. The number of hydrogen-bond acceptors (Lipinski definition) is 4. The summed E-state index contributed by atoms with van der Waals surface area (Å²) in [5.41, 5.74) is 5.39. The van der Waals surface area contributed by atoms with Gasteiger partial charge in [0.2, 0.25) is 5.91 Å². The molecule has 1 rings (SSSR count). The van der Waals surface area contributed by atoms with Gasteiger partial charge in [-0.2, -0.15) is 0 Å². The van der Waals surface area contributed by atoms with Crippen LogP contribution in [0.3, 0.4) is 0 Å². The molecule has 0 aromatic carbocycles. The van der Waals surface area contributed by atoms with Crippen molar-refractivity contribution in [2.45, 2.75) is 44.7 Å². The van der Waals surface area contributed by atoms with E-state index in [9.17, 15) is 9.59 Å². The summed E-state index contributed by atoms with van der Waals surface area (Å²) in [7, 11) is 0. The third-order valence-corrected chi connectivity index (χ3v) is 4.30. The molecular formula is C12H22N2O3S. The number of nitrogens with zero attached hydrogens (tertiary/aromatic N) is 1. The minimum atomic E-state index is -1.01. The van der Waals surface area contributed by atoms with Crippen LogP contribution in [0.25, 0.3) is 0 Å². The van der Waals surface area contributed by atoms with Crippen LogP contribution in [0.5, 0.6) is 0 Å². The molecule has 1 saturated heterocycles. The summed E-state index contributed by atoms with van der Waals surface area (Å²) in [5, 5.41) is 8.64. The maximum atomic E-state index is 12.0. The van der Waals surface area contributed by atoms with Crippen LogP contribution < -0.4 is 5.73 Å². The third kappa shape index (κ3) is 4.49. The highest BCUT2D eigenvalue weighted by Crippen LogP contribution is 2.20. The summed E-state index contributed by atoms with van der Waals surface area (Å²) < 4.78 is 0. The van der Waals surface area contributed by atoms with Gasteiger partial charge >= 0.3 is 5.97 Å². The van der Waals surface area contributed by atoms with Crippen LogP contribution in [-0.4, -0.2) is 52.0 Å². The molecule has 0 aromatic heterocycles.